The zero-order valence-corrected chi connectivity index (χ0v) is 18.5. The summed E-state index contributed by atoms with van der Waals surface area (Å²) in [7, 11) is -3.77. The Kier molecular flexibility index (Phi) is 6.79. The van der Waals surface area contributed by atoms with Crippen molar-refractivity contribution >= 4 is 60.2 Å². The Balaban J connectivity index is 1.76. The quantitative estimate of drug-likeness (QED) is 0.657. The molecule has 0 saturated carbocycles. The van der Waals surface area contributed by atoms with E-state index in [0.29, 0.717) is 23.1 Å². The van der Waals surface area contributed by atoms with Crippen LogP contribution < -0.4 is 10.2 Å². The minimum atomic E-state index is -3.77. The fraction of sp³-hybridized carbons (Fsp3) is 0.263. The monoisotopic (exact) mass is 481 g/mol. The Morgan fingerprint density at radius 3 is 2.61 bits per heavy atom. The topological polar surface area (TPSA) is 78.8 Å². The summed E-state index contributed by atoms with van der Waals surface area (Å²) in [6, 6.07) is 14.1. The number of unbranched alkanes of at least 4 members (excludes halogenated alkanes) is 1. The van der Waals surface area contributed by atoms with Crippen molar-refractivity contribution in [2.24, 2.45) is 4.40 Å². The summed E-state index contributed by atoms with van der Waals surface area (Å²) in [5, 5.41) is 3.13. The Morgan fingerprint density at radius 1 is 1.18 bits per heavy atom. The van der Waals surface area contributed by atoms with Gasteiger partial charge in [0.05, 0.1) is 11.4 Å². The summed E-state index contributed by atoms with van der Waals surface area (Å²) < 4.78 is 30.0. The van der Waals surface area contributed by atoms with Crippen molar-refractivity contribution in [3.8, 4) is 0 Å². The lowest BCUT2D eigenvalue weighted by Gasteiger charge is -2.30. The van der Waals surface area contributed by atoms with E-state index in [1.54, 1.807) is 36.4 Å². The molecule has 0 bridgehead atoms. The summed E-state index contributed by atoms with van der Waals surface area (Å²) >= 11 is 4.48. The molecule has 9 heteroatoms. The third-order valence-electron chi connectivity index (χ3n) is 4.06. The van der Waals surface area contributed by atoms with E-state index >= 15 is 0 Å². The van der Waals surface area contributed by atoms with Crippen LogP contribution in [-0.2, 0) is 14.8 Å². The zero-order valence-electron chi connectivity index (χ0n) is 15.3. The largest absolute Gasteiger partial charge is 0.325 e. The first kappa shape index (κ1) is 20.9. The van der Waals surface area contributed by atoms with Gasteiger partial charge in [0.15, 0.2) is 5.17 Å². The van der Waals surface area contributed by atoms with Crippen LogP contribution in [0.2, 0.25) is 0 Å². The molecule has 28 heavy (non-hydrogen) atoms. The number of amides is 1. The van der Waals surface area contributed by atoms with Crippen LogP contribution in [0.1, 0.15) is 19.8 Å². The number of nitrogens with one attached hydrogen (secondary N) is 1. The van der Waals surface area contributed by atoms with Gasteiger partial charge in [-0.25, -0.2) is 0 Å². The van der Waals surface area contributed by atoms with Crippen molar-refractivity contribution < 1.29 is 13.2 Å². The molecule has 0 fully saturated rings. The fourth-order valence-corrected chi connectivity index (χ4v) is 5.24. The van der Waals surface area contributed by atoms with E-state index in [1.807, 2.05) is 17.0 Å². The van der Waals surface area contributed by atoms with Crippen molar-refractivity contribution in [1.29, 1.82) is 0 Å². The van der Waals surface area contributed by atoms with E-state index in [9.17, 15) is 13.2 Å². The van der Waals surface area contributed by atoms with Crippen molar-refractivity contribution in [1.82, 2.24) is 0 Å². The molecule has 0 aliphatic carbocycles. The molecule has 0 unspecified atom stereocenters. The Hall–Kier alpha value is -1.84. The molecule has 148 valence electrons. The molecule has 0 aromatic heterocycles. The third-order valence-corrected chi connectivity index (χ3v) is 6.99. The van der Waals surface area contributed by atoms with Crippen molar-refractivity contribution in [3.63, 3.8) is 0 Å². The van der Waals surface area contributed by atoms with Crippen molar-refractivity contribution in [2.75, 3.05) is 22.5 Å². The van der Waals surface area contributed by atoms with E-state index in [0.717, 1.165) is 29.1 Å². The van der Waals surface area contributed by atoms with Gasteiger partial charge in [0, 0.05) is 16.7 Å². The highest BCUT2D eigenvalue weighted by Crippen LogP contribution is 2.34. The van der Waals surface area contributed by atoms with Gasteiger partial charge in [0.1, 0.15) is 4.90 Å². The van der Waals surface area contributed by atoms with Crippen molar-refractivity contribution in [3.05, 3.63) is 53.0 Å². The van der Waals surface area contributed by atoms with Crippen molar-refractivity contribution in [2.45, 2.75) is 24.7 Å². The van der Waals surface area contributed by atoms with Gasteiger partial charge in [-0.15, -0.1) is 4.40 Å². The minimum absolute atomic E-state index is 0.0647. The lowest BCUT2D eigenvalue weighted by molar-refractivity contribution is -0.113. The highest BCUT2D eigenvalue weighted by Gasteiger charge is 2.30. The number of halogens is 1. The normalized spacial score (nSPS) is 14.9. The van der Waals surface area contributed by atoms with Gasteiger partial charge in [0.25, 0.3) is 10.0 Å². The highest BCUT2D eigenvalue weighted by molar-refractivity contribution is 9.10. The molecule has 2 aromatic carbocycles. The average Bonchev–Trinajstić information content (AvgIpc) is 2.67. The number of sulfonamides is 1. The number of hydrogen-bond acceptors (Lipinski definition) is 5. The number of amidine groups is 1. The van der Waals surface area contributed by atoms with Crippen LogP contribution in [0.4, 0.5) is 11.4 Å². The molecule has 2 aromatic rings. The summed E-state index contributed by atoms with van der Waals surface area (Å²) in [6.45, 7) is 2.71. The molecule has 0 radical (unpaired) electrons. The molecule has 1 aliphatic rings. The van der Waals surface area contributed by atoms with Gasteiger partial charge in [0.2, 0.25) is 5.91 Å². The molecule has 6 nitrogen and oxygen atoms in total. The molecule has 0 saturated heterocycles. The fourth-order valence-electron chi connectivity index (χ4n) is 2.70. The second kappa shape index (κ2) is 9.11. The van der Waals surface area contributed by atoms with E-state index in [-0.39, 0.29) is 16.6 Å². The number of fused-ring (bicyclic) bond motifs is 1. The minimum Gasteiger partial charge on any atom is -0.325 e. The highest BCUT2D eigenvalue weighted by atomic mass is 79.9. The maximum atomic E-state index is 12.5. The molecule has 3 rings (SSSR count). The average molecular weight is 482 g/mol. The first-order valence-electron chi connectivity index (χ1n) is 8.80. The van der Waals surface area contributed by atoms with Gasteiger partial charge in [-0.05, 0) is 42.8 Å². The molecular formula is C19H20BrN3O3S2. The van der Waals surface area contributed by atoms with Crippen LogP contribution in [0.5, 0.6) is 0 Å². The Labute approximate surface area is 177 Å². The first-order valence-corrected chi connectivity index (χ1v) is 12.0. The van der Waals surface area contributed by atoms with E-state index in [2.05, 4.69) is 32.6 Å². The molecule has 0 atom stereocenters. The molecular weight excluding hydrogens is 462 g/mol. The number of para-hydroxylation sites is 1. The Bertz CT molecular complexity index is 992. The number of nitrogens with zero attached hydrogens (tertiary/aromatic N) is 2. The summed E-state index contributed by atoms with van der Waals surface area (Å²) in [5.41, 5.74) is 1.29. The number of benzene rings is 2. The molecule has 1 amide bonds. The number of carbonyl (C=O) groups is 1. The van der Waals surface area contributed by atoms with Crippen LogP contribution in [-0.4, -0.2) is 31.8 Å². The summed E-state index contributed by atoms with van der Waals surface area (Å²) in [4.78, 5) is 14.4. The van der Waals surface area contributed by atoms with Crippen LogP contribution in [0.3, 0.4) is 0 Å². The second-order valence-electron chi connectivity index (χ2n) is 6.17. The number of hydrogen-bond donors (Lipinski definition) is 1. The smallest absolute Gasteiger partial charge is 0.286 e. The summed E-state index contributed by atoms with van der Waals surface area (Å²) in [5.74, 6) is -0.156. The van der Waals surface area contributed by atoms with E-state index < -0.39 is 10.0 Å². The van der Waals surface area contributed by atoms with Gasteiger partial charge >= 0.3 is 0 Å². The zero-order chi connectivity index (χ0) is 20.1. The van der Waals surface area contributed by atoms with Gasteiger partial charge in [-0.2, -0.15) is 8.42 Å². The first-order chi connectivity index (χ1) is 13.4. The molecule has 1 aliphatic heterocycles. The second-order valence-corrected chi connectivity index (χ2v) is 9.60. The van der Waals surface area contributed by atoms with Crippen LogP contribution >= 0.6 is 27.7 Å². The number of anilines is 2. The summed E-state index contributed by atoms with van der Waals surface area (Å²) in [6.07, 6.45) is 1.85. The predicted octanol–water partition coefficient (Wildman–Crippen LogP) is 4.49. The van der Waals surface area contributed by atoms with E-state index in [1.165, 1.54) is 0 Å². The van der Waals surface area contributed by atoms with Gasteiger partial charge in [-0.3, -0.25) is 4.79 Å². The molecule has 0 spiro atoms. The maximum Gasteiger partial charge on any atom is 0.286 e. The number of carbonyl (C=O) groups excluding carboxylic acids is 1. The molecule has 1 heterocycles. The van der Waals surface area contributed by atoms with Gasteiger partial charge < -0.3 is 10.2 Å². The van der Waals surface area contributed by atoms with Gasteiger partial charge in [-0.1, -0.05) is 53.2 Å². The van der Waals surface area contributed by atoms with Crippen LogP contribution in [0.15, 0.2) is 62.3 Å². The van der Waals surface area contributed by atoms with E-state index in [4.69, 9.17) is 0 Å². The maximum absolute atomic E-state index is 12.5. The predicted molar refractivity (Wildman–Crippen MR) is 119 cm³/mol. The SMILES string of the molecule is CCCCN1C(SCC(=O)Nc2ccc(Br)cc2)=NS(=O)(=O)c2ccccc21. The standard InChI is InChI=1S/C19H20BrN3O3S2/c1-2-3-12-23-16-6-4-5-7-17(16)28(25,26)22-19(23)27-13-18(24)21-15-10-8-14(20)9-11-15/h4-11H,2-3,12-13H2,1H3,(H,21,24). The third kappa shape index (κ3) is 4.95. The lowest BCUT2D eigenvalue weighted by atomic mass is 10.2. The number of rotatable bonds is 6. The number of thioether (sulfide) groups is 1. The van der Waals surface area contributed by atoms with Crippen LogP contribution in [0.25, 0.3) is 0 Å². The van der Waals surface area contributed by atoms with Crippen LogP contribution in [0, 0.1) is 0 Å². The lowest BCUT2D eigenvalue weighted by Crippen LogP contribution is -2.35. The molecule has 1 N–H and O–H groups in total. The Morgan fingerprint density at radius 2 is 1.89 bits per heavy atom.